The molecule has 1 aliphatic rings. The molecule has 0 bridgehead atoms. The lowest BCUT2D eigenvalue weighted by Crippen LogP contribution is -2.25. The van der Waals surface area contributed by atoms with Crippen LogP contribution in [0.5, 0.6) is 0 Å². The van der Waals surface area contributed by atoms with Crippen molar-refractivity contribution >= 4 is 18.0 Å². The number of ether oxygens (including phenoxy) is 1. The van der Waals surface area contributed by atoms with Gasteiger partial charge in [0, 0.05) is 11.6 Å². The molecule has 0 atom stereocenters. The van der Waals surface area contributed by atoms with Gasteiger partial charge >= 0.3 is 5.97 Å². The van der Waals surface area contributed by atoms with Gasteiger partial charge in [-0.3, -0.25) is 9.59 Å². The van der Waals surface area contributed by atoms with Crippen LogP contribution in [0.15, 0.2) is 30.3 Å². The molecule has 1 N–H and O–H groups in total. The fraction of sp³-hybridized carbons (Fsp3) is 0.333. The van der Waals surface area contributed by atoms with E-state index in [1.807, 2.05) is 18.2 Å². The highest BCUT2D eigenvalue weighted by Crippen LogP contribution is 2.19. The van der Waals surface area contributed by atoms with Crippen LogP contribution in [-0.4, -0.2) is 25.0 Å². The summed E-state index contributed by atoms with van der Waals surface area (Å²) in [5.41, 5.74) is 1.61. The number of carbonyl (C=O) groups is 2. The van der Waals surface area contributed by atoms with E-state index in [9.17, 15) is 9.59 Å². The van der Waals surface area contributed by atoms with E-state index in [-0.39, 0.29) is 18.3 Å². The summed E-state index contributed by atoms with van der Waals surface area (Å²) in [7, 11) is 1.36. The monoisotopic (exact) mass is 259 g/mol. The van der Waals surface area contributed by atoms with E-state index >= 15 is 0 Å². The first-order chi connectivity index (χ1) is 9.19. The van der Waals surface area contributed by atoms with Crippen LogP contribution >= 0.6 is 0 Å². The summed E-state index contributed by atoms with van der Waals surface area (Å²) >= 11 is 0. The standard InChI is InChI=1S/C15H17NO3/c1-19-14(17)4-2-3-11-5-7-12(8-6-11)15(18)16-13-9-10-13/h2-3,5-8,13H,4,9-10H2,1H3,(H,16,18). The van der Waals surface area contributed by atoms with Crippen molar-refractivity contribution in [1.82, 2.24) is 5.32 Å². The van der Waals surface area contributed by atoms with Gasteiger partial charge in [-0.2, -0.15) is 0 Å². The molecular weight excluding hydrogens is 242 g/mol. The third-order valence-corrected chi connectivity index (χ3v) is 2.91. The average Bonchev–Trinajstić information content (AvgIpc) is 3.23. The minimum Gasteiger partial charge on any atom is -0.469 e. The number of benzene rings is 1. The number of hydrogen-bond donors (Lipinski definition) is 1. The Bertz CT molecular complexity index is 487. The highest BCUT2D eigenvalue weighted by atomic mass is 16.5. The van der Waals surface area contributed by atoms with Crippen LogP contribution in [0.4, 0.5) is 0 Å². The van der Waals surface area contributed by atoms with Crippen molar-refractivity contribution in [2.24, 2.45) is 0 Å². The van der Waals surface area contributed by atoms with Gasteiger partial charge in [0.25, 0.3) is 5.91 Å². The molecule has 100 valence electrons. The molecule has 1 amide bonds. The molecule has 2 rings (SSSR count). The number of amides is 1. The number of methoxy groups -OCH3 is 1. The molecule has 1 aromatic carbocycles. The second kappa shape index (κ2) is 6.18. The van der Waals surface area contributed by atoms with Crippen molar-refractivity contribution in [3.8, 4) is 0 Å². The molecule has 4 nitrogen and oxygen atoms in total. The van der Waals surface area contributed by atoms with Crippen molar-refractivity contribution in [1.29, 1.82) is 0 Å². The van der Waals surface area contributed by atoms with Crippen LogP contribution in [0.25, 0.3) is 6.08 Å². The molecular formula is C15H17NO3. The predicted molar refractivity (Wildman–Crippen MR) is 72.6 cm³/mol. The zero-order chi connectivity index (χ0) is 13.7. The van der Waals surface area contributed by atoms with E-state index in [0.29, 0.717) is 11.6 Å². The lowest BCUT2D eigenvalue weighted by Gasteiger charge is -2.03. The molecule has 0 unspecified atom stereocenters. The fourth-order valence-corrected chi connectivity index (χ4v) is 1.62. The number of carbonyl (C=O) groups excluding carboxylic acids is 2. The first-order valence-corrected chi connectivity index (χ1v) is 6.33. The van der Waals surface area contributed by atoms with Crippen molar-refractivity contribution in [3.05, 3.63) is 41.5 Å². The molecule has 19 heavy (non-hydrogen) atoms. The quantitative estimate of drug-likeness (QED) is 0.824. The van der Waals surface area contributed by atoms with Crippen LogP contribution in [0.2, 0.25) is 0 Å². The van der Waals surface area contributed by atoms with Crippen molar-refractivity contribution < 1.29 is 14.3 Å². The molecule has 1 aliphatic carbocycles. The topological polar surface area (TPSA) is 55.4 Å². The lowest BCUT2D eigenvalue weighted by atomic mass is 10.1. The van der Waals surface area contributed by atoms with E-state index in [0.717, 1.165) is 18.4 Å². The second-order valence-electron chi connectivity index (χ2n) is 4.55. The van der Waals surface area contributed by atoms with Gasteiger partial charge in [0.05, 0.1) is 13.5 Å². The lowest BCUT2D eigenvalue weighted by molar-refractivity contribution is -0.139. The molecule has 1 saturated carbocycles. The van der Waals surface area contributed by atoms with Crippen LogP contribution in [0.3, 0.4) is 0 Å². The minimum absolute atomic E-state index is 0.0207. The fourth-order valence-electron chi connectivity index (χ4n) is 1.62. The molecule has 1 fully saturated rings. The van der Waals surface area contributed by atoms with Gasteiger partial charge in [-0.1, -0.05) is 24.3 Å². The first kappa shape index (κ1) is 13.3. The Kier molecular flexibility index (Phi) is 4.34. The highest BCUT2D eigenvalue weighted by molar-refractivity contribution is 5.94. The Morgan fingerprint density at radius 3 is 2.58 bits per heavy atom. The van der Waals surface area contributed by atoms with E-state index < -0.39 is 0 Å². The summed E-state index contributed by atoms with van der Waals surface area (Å²) in [6, 6.07) is 7.66. The zero-order valence-electron chi connectivity index (χ0n) is 10.9. The normalized spacial score (nSPS) is 14.4. The minimum atomic E-state index is -0.267. The Hall–Kier alpha value is -2.10. The predicted octanol–water partition coefficient (Wildman–Crippen LogP) is 2.16. The number of rotatable bonds is 5. The summed E-state index contributed by atoms with van der Waals surface area (Å²) in [5.74, 6) is -0.288. The van der Waals surface area contributed by atoms with E-state index in [1.165, 1.54) is 7.11 Å². The van der Waals surface area contributed by atoms with E-state index in [4.69, 9.17) is 0 Å². The van der Waals surface area contributed by atoms with Crippen LogP contribution in [-0.2, 0) is 9.53 Å². The van der Waals surface area contributed by atoms with E-state index in [2.05, 4.69) is 10.1 Å². The maximum atomic E-state index is 11.8. The Morgan fingerprint density at radius 2 is 2.00 bits per heavy atom. The molecule has 0 saturated heterocycles. The first-order valence-electron chi connectivity index (χ1n) is 6.33. The average molecular weight is 259 g/mol. The molecule has 0 radical (unpaired) electrons. The Balaban J connectivity index is 1.90. The van der Waals surface area contributed by atoms with Crippen molar-refractivity contribution in [2.75, 3.05) is 7.11 Å². The third-order valence-electron chi connectivity index (χ3n) is 2.91. The summed E-state index contributed by atoms with van der Waals surface area (Å²) < 4.78 is 4.54. The second-order valence-corrected chi connectivity index (χ2v) is 4.55. The van der Waals surface area contributed by atoms with Gasteiger partial charge in [-0.25, -0.2) is 0 Å². The van der Waals surface area contributed by atoms with Gasteiger partial charge in [-0.15, -0.1) is 0 Å². The number of hydrogen-bond acceptors (Lipinski definition) is 3. The molecule has 1 aromatic rings. The van der Waals surface area contributed by atoms with Gasteiger partial charge in [-0.05, 0) is 30.5 Å². The van der Waals surface area contributed by atoms with E-state index in [1.54, 1.807) is 18.2 Å². The largest absolute Gasteiger partial charge is 0.469 e. The van der Waals surface area contributed by atoms with Crippen LogP contribution in [0, 0.1) is 0 Å². The summed E-state index contributed by atoms with van der Waals surface area (Å²) in [6.45, 7) is 0. The van der Waals surface area contributed by atoms with Crippen LogP contribution in [0.1, 0.15) is 35.2 Å². The molecule has 4 heteroatoms. The zero-order valence-corrected chi connectivity index (χ0v) is 10.9. The highest BCUT2D eigenvalue weighted by Gasteiger charge is 2.23. The molecule has 0 aromatic heterocycles. The maximum Gasteiger partial charge on any atom is 0.309 e. The summed E-state index contributed by atoms with van der Waals surface area (Å²) in [6.07, 6.45) is 5.99. The summed E-state index contributed by atoms with van der Waals surface area (Å²) in [4.78, 5) is 22.7. The van der Waals surface area contributed by atoms with Crippen molar-refractivity contribution in [2.45, 2.75) is 25.3 Å². The van der Waals surface area contributed by atoms with Gasteiger partial charge in [0.15, 0.2) is 0 Å². The number of nitrogens with one attached hydrogen (secondary N) is 1. The maximum absolute atomic E-state index is 11.8. The van der Waals surface area contributed by atoms with Gasteiger partial charge in [0.2, 0.25) is 0 Å². The SMILES string of the molecule is COC(=O)CC=Cc1ccc(C(=O)NC2CC2)cc1. The molecule has 0 heterocycles. The number of esters is 1. The third kappa shape index (κ3) is 4.25. The van der Waals surface area contributed by atoms with Crippen LogP contribution < -0.4 is 5.32 Å². The Morgan fingerprint density at radius 1 is 1.32 bits per heavy atom. The smallest absolute Gasteiger partial charge is 0.309 e. The Labute approximate surface area is 112 Å². The molecule has 0 spiro atoms. The molecule has 0 aliphatic heterocycles. The van der Waals surface area contributed by atoms with Gasteiger partial charge in [0.1, 0.15) is 0 Å². The van der Waals surface area contributed by atoms with Crippen molar-refractivity contribution in [3.63, 3.8) is 0 Å². The summed E-state index contributed by atoms with van der Waals surface area (Å²) in [5, 5.41) is 2.94. The van der Waals surface area contributed by atoms with Gasteiger partial charge < -0.3 is 10.1 Å².